The minimum atomic E-state index is -4.49. The Balaban J connectivity index is 2.16. The molecule has 28 heavy (non-hydrogen) atoms. The Bertz CT molecular complexity index is 701. The molecule has 0 bridgehead atoms. The molecule has 1 N–H and O–H groups in total. The van der Waals surface area contributed by atoms with E-state index in [4.69, 9.17) is 9.47 Å². The van der Waals surface area contributed by atoms with Crippen molar-refractivity contribution in [3.05, 3.63) is 23.8 Å². The van der Waals surface area contributed by atoms with Gasteiger partial charge in [0, 0.05) is 24.7 Å². The minimum Gasteiger partial charge on any atom is -0.482 e. The second kappa shape index (κ2) is 8.70. The molecular formula is C19H25F3N2O4. The van der Waals surface area contributed by atoms with Crippen LogP contribution < -0.4 is 15.0 Å². The quantitative estimate of drug-likeness (QED) is 0.756. The molecule has 156 valence electrons. The van der Waals surface area contributed by atoms with E-state index in [1.165, 1.54) is 18.2 Å². The van der Waals surface area contributed by atoms with Gasteiger partial charge in [0.2, 0.25) is 0 Å². The van der Waals surface area contributed by atoms with E-state index in [0.29, 0.717) is 37.9 Å². The summed E-state index contributed by atoms with van der Waals surface area (Å²) >= 11 is 0. The van der Waals surface area contributed by atoms with Crippen LogP contribution in [0.4, 0.5) is 23.7 Å². The van der Waals surface area contributed by atoms with Crippen LogP contribution in [-0.2, 0) is 4.74 Å². The molecule has 1 aromatic carbocycles. The Labute approximate surface area is 162 Å². The average molecular weight is 402 g/mol. The third-order valence-corrected chi connectivity index (χ3v) is 4.01. The molecule has 0 spiro atoms. The van der Waals surface area contributed by atoms with E-state index in [2.05, 4.69) is 5.32 Å². The molecule has 1 aliphatic rings. The lowest BCUT2D eigenvalue weighted by Gasteiger charge is -2.36. The molecule has 1 heterocycles. The van der Waals surface area contributed by atoms with E-state index in [-0.39, 0.29) is 17.4 Å². The summed E-state index contributed by atoms with van der Waals surface area (Å²) in [6.45, 7) is 4.67. The molecule has 6 nitrogen and oxygen atoms in total. The van der Waals surface area contributed by atoms with Gasteiger partial charge in [-0.3, -0.25) is 4.79 Å². The number of nitrogens with zero attached hydrogens (tertiary/aromatic N) is 1. The first-order valence-corrected chi connectivity index (χ1v) is 9.01. The van der Waals surface area contributed by atoms with Gasteiger partial charge in [0.05, 0.1) is 5.69 Å². The van der Waals surface area contributed by atoms with Crippen molar-refractivity contribution in [3.63, 3.8) is 0 Å². The number of hydrogen-bond acceptors (Lipinski definition) is 5. The number of aldehydes is 1. The molecule has 1 saturated heterocycles. The van der Waals surface area contributed by atoms with Crippen molar-refractivity contribution < 1.29 is 32.2 Å². The molecular weight excluding hydrogens is 377 g/mol. The summed E-state index contributed by atoms with van der Waals surface area (Å²) in [5.41, 5.74) is -0.101. The third kappa shape index (κ3) is 6.61. The molecule has 9 heteroatoms. The first kappa shape index (κ1) is 21.8. The fourth-order valence-corrected chi connectivity index (χ4v) is 3.02. The molecule has 1 aliphatic heterocycles. The second-order valence-corrected chi connectivity index (χ2v) is 7.65. The fraction of sp³-hybridized carbons (Fsp3) is 0.579. The van der Waals surface area contributed by atoms with E-state index in [0.717, 1.165) is 0 Å². The maximum absolute atomic E-state index is 12.6. The van der Waals surface area contributed by atoms with Gasteiger partial charge in [-0.2, -0.15) is 13.2 Å². The van der Waals surface area contributed by atoms with Crippen molar-refractivity contribution in [2.24, 2.45) is 0 Å². The number of rotatable bonds is 5. The largest absolute Gasteiger partial charge is 0.482 e. The summed E-state index contributed by atoms with van der Waals surface area (Å²) in [4.78, 5) is 25.2. The van der Waals surface area contributed by atoms with Crippen LogP contribution in [0.15, 0.2) is 18.2 Å². The molecule has 1 atom stereocenters. The van der Waals surface area contributed by atoms with Gasteiger partial charge in [0.15, 0.2) is 12.9 Å². The topological polar surface area (TPSA) is 67.9 Å². The zero-order valence-corrected chi connectivity index (χ0v) is 16.1. The monoisotopic (exact) mass is 402 g/mol. The molecule has 0 aromatic heterocycles. The Morgan fingerprint density at radius 3 is 2.64 bits per heavy atom. The number of carbonyl (C=O) groups excluding carboxylic acids is 2. The van der Waals surface area contributed by atoms with Crippen LogP contribution in [-0.4, -0.2) is 49.9 Å². The number of alkyl carbamates (subject to hydrolysis) is 1. The summed E-state index contributed by atoms with van der Waals surface area (Å²) in [6.07, 6.45) is -3.08. The first-order chi connectivity index (χ1) is 13.0. The number of nitrogens with one attached hydrogen (secondary N) is 1. The maximum atomic E-state index is 12.6. The van der Waals surface area contributed by atoms with Crippen molar-refractivity contribution in [2.45, 2.75) is 51.4 Å². The highest BCUT2D eigenvalue weighted by atomic mass is 19.4. The third-order valence-electron chi connectivity index (χ3n) is 4.01. The molecule has 1 amide bonds. The van der Waals surface area contributed by atoms with E-state index < -0.39 is 24.5 Å². The maximum Gasteiger partial charge on any atom is 0.422 e. The number of carbonyl (C=O) groups is 2. The van der Waals surface area contributed by atoms with Gasteiger partial charge in [0.1, 0.15) is 11.4 Å². The normalized spacial score (nSPS) is 17.8. The molecule has 1 aromatic rings. The van der Waals surface area contributed by atoms with Gasteiger partial charge < -0.3 is 19.7 Å². The Morgan fingerprint density at radius 2 is 2.04 bits per heavy atom. The highest BCUT2D eigenvalue weighted by molar-refractivity contribution is 5.87. The first-order valence-electron chi connectivity index (χ1n) is 9.01. The van der Waals surface area contributed by atoms with E-state index >= 15 is 0 Å². The number of alkyl halides is 3. The second-order valence-electron chi connectivity index (χ2n) is 7.65. The number of anilines is 1. The van der Waals surface area contributed by atoms with Crippen molar-refractivity contribution in [1.29, 1.82) is 0 Å². The lowest BCUT2D eigenvalue weighted by atomic mass is 10.0. The van der Waals surface area contributed by atoms with Gasteiger partial charge in [0.25, 0.3) is 0 Å². The lowest BCUT2D eigenvalue weighted by Crippen LogP contribution is -2.49. The molecule has 2 rings (SSSR count). The molecule has 1 fully saturated rings. The number of hydrogen-bond donors (Lipinski definition) is 1. The summed E-state index contributed by atoms with van der Waals surface area (Å²) in [5, 5.41) is 2.78. The van der Waals surface area contributed by atoms with Gasteiger partial charge in [-0.05, 0) is 45.7 Å². The van der Waals surface area contributed by atoms with Crippen LogP contribution in [0.3, 0.4) is 0 Å². The minimum absolute atomic E-state index is 0.0140. The predicted molar refractivity (Wildman–Crippen MR) is 98.0 cm³/mol. The van der Waals surface area contributed by atoms with Gasteiger partial charge >= 0.3 is 12.3 Å². The van der Waals surface area contributed by atoms with Crippen molar-refractivity contribution in [1.82, 2.24) is 5.32 Å². The van der Waals surface area contributed by atoms with Crippen molar-refractivity contribution >= 4 is 18.1 Å². The van der Waals surface area contributed by atoms with Crippen LogP contribution in [0.25, 0.3) is 0 Å². The summed E-state index contributed by atoms with van der Waals surface area (Å²) in [7, 11) is 0. The highest BCUT2D eigenvalue weighted by Gasteiger charge is 2.31. The van der Waals surface area contributed by atoms with E-state index in [1.807, 2.05) is 0 Å². The molecule has 0 radical (unpaired) electrons. The van der Waals surface area contributed by atoms with Gasteiger partial charge in [-0.25, -0.2) is 4.79 Å². The zero-order chi connectivity index (χ0) is 20.9. The van der Waals surface area contributed by atoms with Crippen molar-refractivity contribution in [2.75, 3.05) is 24.6 Å². The average Bonchev–Trinajstić information content (AvgIpc) is 2.57. The Morgan fingerprint density at radius 1 is 1.32 bits per heavy atom. The van der Waals surface area contributed by atoms with Crippen LogP contribution in [0.1, 0.15) is 44.0 Å². The van der Waals surface area contributed by atoms with E-state index in [9.17, 15) is 22.8 Å². The van der Waals surface area contributed by atoms with Crippen LogP contribution in [0, 0.1) is 0 Å². The standard InChI is InChI=1S/C19H25F3N2O4/c1-18(2,3)28-17(26)23-14-7-5-9-24(10-14)16-13(11-25)6-4-8-15(16)27-12-19(20,21)22/h4,6,8,11,14H,5,7,9-10,12H2,1-3H3,(H,23,26)/t14-/m1/s1. The molecule has 0 aliphatic carbocycles. The molecule has 0 unspecified atom stereocenters. The lowest BCUT2D eigenvalue weighted by molar-refractivity contribution is -0.153. The van der Waals surface area contributed by atoms with Crippen LogP contribution in [0.5, 0.6) is 5.75 Å². The van der Waals surface area contributed by atoms with Crippen LogP contribution >= 0.6 is 0 Å². The summed E-state index contributed by atoms with van der Waals surface area (Å²) in [6, 6.07) is 4.13. The smallest absolute Gasteiger partial charge is 0.422 e. The zero-order valence-electron chi connectivity index (χ0n) is 16.1. The van der Waals surface area contributed by atoms with E-state index in [1.54, 1.807) is 25.7 Å². The molecule has 0 saturated carbocycles. The SMILES string of the molecule is CC(C)(C)OC(=O)N[C@@H]1CCCN(c2c(C=O)cccc2OCC(F)(F)F)C1. The predicted octanol–water partition coefficient (Wildman–Crippen LogP) is 3.93. The summed E-state index contributed by atoms with van der Waals surface area (Å²) in [5.74, 6) is -0.0140. The highest BCUT2D eigenvalue weighted by Crippen LogP contribution is 2.34. The van der Waals surface area contributed by atoms with Gasteiger partial charge in [-0.15, -0.1) is 0 Å². The summed E-state index contributed by atoms with van der Waals surface area (Å²) < 4.78 is 47.9. The fourth-order valence-electron chi connectivity index (χ4n) is 3.02. The van der Waals surface area contributed by atoms with Crippen molar-refractivity contribution in [3.8, 4) is 5.75 Å². The number of piperidine rings is 1. The van der Waals surface area contributed by atoms with Crippen LogP contribution in [0.2, 0.25) is 0 Å². The Hall–Kier alpha value is -2.45. The number of ether oxygens (including phenoxy) is 2. The number of halogens is 3. The Kier molecular flexibility index (Phi) is 6.79. The number of para-hydroxylation sites is 1. The van der Waals surface area contributed by atoms with Gasteiger partial charge in [-0.1, -0.05) is 6.07 Å². The number of benzene rings is 1. The number of amides is 1.